The van der Waals surface area contributed by atoms with Gasteiger partial charge in [0.2, 0.25) is 0 Å². The van der Waals surface area contributed by atoms with E-state index in [9.17, 15) is 0 Å². The predicted octanol–water partition coefficient (Wildman–Crippen LogP) is 14.1. The molecule has 0 atom stereocenters. The summed E-state index contributed by atoms with van der Waals surface area (Å²) in [6.45, 7) is 4.70. The second-order valence-corrected chi connectivity index (χ2v) is 14.5. The van der Waals surface area contributed by atoms with E-state index in [2.05, 4.69) is 207 Å². The first-order chi connectivity index (χ1) is 25.6. The molecule has 2 aliphatic carbocycles. The molecular formula is C51H37N. The maximum absolute atomic E-state index is 2.47. The largest absolute Gasteiger partial charge is 0.310 e. The standard InChI is InChI=1S/C51H37N/c1-51(2)48-26-14-12-25-45(48)47-33-36(29-31-49(47)51)52(50-27-15-13-18-37(50)34-16-4-3-5-17-34)35-28-30-44-42-23-9-8-21-40(42)38-19-6-7-20-39(38)41-22-10-11-24-43(41)46(44)32-35/h3-33H,1-2H3. The van der Waals surface area contributed by atoms with Gasteiger partial charge in [-0.2, -0.15) is 0 Å². The highest BCUT2D eigenvalue weighted by molar-refractivity contribution is 6.04. The van der Waals surface area contributed by atoms with Crippen molar-refractivity contribution in [3.05, 3.63) is 199 Å². The fourth-order valence-electron chi connectivity index (χ4n) is 8.79. The average molecular weight is 664 g/mol. The van der Waals surface area contributed by atoms with Gasteiger partial charge in [-0.15, -0.1) is 0 Å². The topological polar surface area (TPSA) is 3.24 Å². The Bertz CT molecular complexity index is 2660. The third-order valence-corrected chi connectivity index (χ3v) is 11.3. The third kappa shape index (κ3) is 4.63. The second-order valence-electron chi connectivity index (χ2n) is 14.5. The van der Waals surface area contributed by atoms with Crippen LogP contribution in [0.2, 0.25) is 0 Å². The Morgan fingerprint density at radius 1 is 0.308 bits per heavy atom. The van der Waals surface area contributed by atoms with Gasteiger partial charge >= 0.3 is 0 Å². The van der Waals surface area contributed by atoms with Crippen LogP contribution in [0.15, 0.2) is 188 Å². The van der Waals surface area contributed by atoms with Gasteiger partial charge in [0.05, 0.1) is 5.69 Å². The number of benzene rings is 8. The molecule has 0 N–H and O–H groups in total. The zero-order chi connectivity index (χ0) is 34.8. The van der Waals surface area contributed by atoms with E-state index in [1.165, 1.54) is 77.9 Å². The molecule has 52 heavy (non-hydrogen) atoms. The van der Waals surface area contributed by atoms with Gasteiger partial charge in [0.25, 0.3) is 0 Å². The third-order valence-electron chi connectivity index (χ3n) is 11.3. The van der Waals surface area contributed by atoms with Crippen LogP contribution in [0.3, 0.4) is 0 Å². The summed E-state index contributed by atoms with van der Waals surface area (Å²) >= 11 is 0. The molecule has 8 aromatic rings. The van der Waals surface area contributed by atoms with Crippen molar-refractivity contribution in [3.63, 3.8) is 0 Å². The van der Waals surface area contributed by atoms with E-state index in [4.69, 9.17) is 0 Å². The van der Waals surface area contributed by atoms with Gasteiger partial charge in [0.1, 0.15) is 0 Å². The molecule has 10 rings (SSSR count). The number of hydrogen-bond acceptors (Lipinski definition) is 1. The summed E-state index contributed by atoms with van der Waals surface area (Å²) in [5.74, 6) is 0. The van der Waals surface area contributed by atoms with E-state index >= 15 is 0 Å². The van der Waals surface area contributed by atoms with Crippen molar-refractivity contribution >= 4 is 17.1 Å². The smallest absolute Gasteiger partial charge is 0.0540 e. The lowest BCUT2D eigenvalue weighted by Crippen LogP contribution is -2.15. The van der Waals surface area contributed by atoms with E-state index in [-0.39, 0.29) is 5.41 Å². The van der Waals surface area contributed by atoms with Gasteiger partial charge < -0.3 is 4.90 Å². The van der Waals surface area contributed by atoms with Crippen LogP contribution in [0.4, 0.5) is 17.1 Å². The Labute approximate surface area is 306 Å². The molecule has 8 aromatic carbocycles. The number of rotatable bonds is 4. The van der Waals surface area contributed by atoms with Gasteiger partial charge in [0, 0.05) is 22.4 Å². The molecule has 0 spiro atoms. The first-order valence-corrected chi connectivity index (χ1v) is 18.2. The van der Waals surface area contributed by atoms with Crippen LogP contribution in [0.1, 0.15) is 25.0 Å². The quantitative estimate of drug-likeness (QED) is 0.181. The van der Waals surface area contributed by atoms with E-state index in [1.54, 1.807) is 0 Å². The molecule has 0 saturated heterocycles. The summed E-state index contributed by atoms with van der Waals surface area (Å²) in [7, 11) is 0. The Morgan fingerprint density at radius 2 is 0.712 bits per heavy atom. The summed E-state index contributed by atoms with van der Waals surface area (Å²) in [5, 5.41) is 0. The summed E-state index contributed by atoms with van der Waals surface area (Å²) in [6.07, 6.45) is 0. The molecule has 0 aromatic heterocycles. The number of fused-ring (bicyclic) bond motifs is 11. The molecule has 1 nitrogen and oxygen atoms in total. The lowest BCUT2D eigenvalue weighted by Gasteiger charge is -2.30. The molecule has 0 radical (unpaired) electrons. The highest BCUT2D eigenvalue weighted by Gasteiger charge is 2.36. The fraction of sp³-hybridized carbons (Fsp3) is 0.0588. The van der Waals surface area contributed by atoms with Gasteiger partial charge in [-0.3, -0.25) is 0 Å². The monoisotopic (exact) mass is 663 g/mol. The molecule has 0 saturated carbocycles. The number of para-hydroxylation sites is 1. The highest BCUT2D eigenvalue weighted by Crippen LogP contribution is 2.53. The summed E-state index contributed by atoms with van der Waals surface area (Å²) < 4.78 is 0. The SMILES string of the molecule is CC1(C)c2ccccc2-c2cc(N(c3ccc4c(c3)-c3ccccc3-c3ccccc3-c3ccccc3-4)c3ccccc3-c3ccccc3)ccc21. The summed E-state index contributed by atoms with van der Waals surface area (Å²) in [4.78, 5) is 2.47. The van der Waals surface area contributed by atoms with Crippen LogP contribution in [-0.4, -0.2) is 0 Å². The molecule has 246 valence electrons. The van der Waals surface area contributed by atoms with Gasteiger partial charge in [-0.25, -0.2) is 0 Å². The Kier molecular flexibility index (Phi) is 6.91. The molecule has 0 amide bonds. The van der Waals surface area contributed by atoms with E-state index in [0.717, 1.165) is 17.1 Å². The fourth-order valence-corrected chi connectivity index (χ4v) is 8.79. The molecule has 0 bridgehead atoms. The number of hydrogen-bond donors (Lipinski definition) is 0. The maximum atomic E-state index is 2.47. The van der Waals surface area contributed by atoms with Crippen LogP contribution >= 0.6 is 0 Å². The molecule has 0 fully saturated rings. The van der Waals surface area contributed by atoms with Crippen molar-refractivity contribution in [1.29, 1.82) is 0 Å². The lowest BCUT2D eigenvalue weighted by molar-refractivity contribution is 0.660. The molecule has 2 aliphatic rings. The number of anilines is 3. The Balaban J connectivity index is 1.25. The van der Waals surface area contributed by atoms with E-state index < -0.39 is 0 Å². The van der Waals surface area contributed by atoms with E-state index in [0.29, 0.717) is 0 Å². The van der Waals surface area contributed by atoms with Crippen molar-refractivity contribution in [3.8, 4) is 66.8 Å². The molecule has 1 heteroatoms. The van der Waals surface area contributed by atoms with Crippen molar-refractivity contribution < 1.29 is 0 Å². The van der Waals surface area contributed by atoms with Gasteiger partial charge in [-0.05, 0) is 103 Å². The zero-order valence-electron chi connectivity index (χ0n) is 29.3. The van der Waals surface area contributed by atoms with E-state index in [1.807, 2.05) is 0 Å². The predicted molar refractivity (Wildman–Crippen MR) is 219 cm³/mol. The van der Waals surface area contributed by atoms with Crippen molar-refractivity contribution in [2.24, 2.45) is 0 Å². The van der Waals surface area contributed by atoms with Gasteiger partial charge in [0.15, 0.2) is 0 Å². The minimum absolute atomic E-state index is 0.0623. The van der Waals surface area contributed by atoms with Crippen molar-refractivity contribution in [2.45, 2.75) is 19.3 Å². The zero-order valence-corrected chi connectivity index (χ0v) is 29.3. The van der Waals surface area contributed by atoms with Gasteiger partial charge in [-0.1, -0.05) is 172 Å². The maximum Gasteiger partial charge on any atom is 0.0540 e. The van der Waals surface area contributed by atoms with Crippen LogP contribution in [0.5, 0.6) is 0 Å². The summed E-state index contributed by atoms with van der Waals surface area (Å²) in [6, 6.07) is 69.3. The van der Waals surface area contributed by atoms with Crippen molar-refractivity contribution in [1.82, 2.24) is 0 Å². The molecule has 0 unspecified atom stereocenters. The first-order valence-electron chi connectivity index (χ1n) is 18.2. The molecule has 0 heterocycles. The van der Waals surface area contributed by atoms with Crippen LogP contribution < -0.4 is 4.90 Å². The van der Waals surface area contributed by atoms with Crippen LogP contribution in [0.25, 0.3) is 66.8 Å². The number of nitrogens with zero attached hydrogens (tertiary/aromatic N) is 1. The highest BCUT2D eigenvalue weighted by atomic mass is 15.1. The molecule has 0 aliphatic heterocycles. The first kappa shape index (κ1) is 30.4. The van der Waals surface area contributed by atoms with Crippen molar-refractivity contribution in [2.75, 3.05) is 4.90 Å². The minimum Gasteiger partial charge on any atom is -0.310 e. The lowest BCUT2D eigenvalue weighted by atomic mass is 9.81. The average Bonchev–Trinajstić information content (AvgIpc) is 3.43. The molecular weight excluding hydrogens is 627 g/mol. The van der Waals surface area contributed by atoms with Crippen LogP contribution in [-0.2, 0) is 5.41 Å². The Morgan fingerprint density at radius 3 is 1.31 bits per heavy atom. The summed E-state index contributed by atoms with van der Waals surface area (Å²) in [5.41, 5.74) is 21.1. The normalized spacial score (nSPS) is 13.0. The Hall–Kier alpha value is -6.44. The minimum atomic E-state index is -0.0623. The second kappa shape index (κ2) is 11.8. The van der Waals surface area contributed by atoms with Crippen LogP contribution in [0, 0.1) is 0 Å².